The zero-order chi connectivity index (χ0) is 25.2. The lowest BCUT2D eigenvalue weighted by Crippen LogP contribution is -2.22. The first-order valence-corrected chi connectivity index (χ1v) is 11.3. The van der Waals surface area contributed by atoms with E-state index in [1.165, 1.54) is 10.9 Å². The number of amides is 2. The Kier molecular flexibility index (Phi) is 5.91. The second-order valence-electron chi connectivity index (χ2n) is 8.34. The summed E-state index contributed by atoms with van der Waals surface area (Å²) >= 11 is 0. The molecular formula is C26H24N8O2. The van der Waals surface area contributed by atoms with Gasteiger partial charge in [-0.2, -0.15) is 15.3 Å². The number of anilines is 2. The highest BCUT2D eigenvalue weighted by atomic mass is 16.2. The van der Waals surface area contributed by atoms with E-state index in [1.807, 2.05) is 62.6 Å². The molecule has 0 saturated carbocycles. The van der Waals surface area contributed by atoms with Gasteiger partial charge in [-0.1, -0.05) is 0 Å². The van der Waals surface area contributed by atoms with Gasteiger partial charge in [0, 0.05) is 30.8 Å². The fourth-order valence-corrected chi connectivity index (χ4v) is 3.77. The van der Waals surface area contributed by atoms with Crippen LogP contribution in [-0.2, 0) is 7.05 Å². The van der Waals surface area contributed by atoms with Gasteiger partial charge in [0.15, 0.2) is 0 Å². The molecule has 0 fully saturated rings. The molecular weight excluding hydrogens is 456 g/mol. The van der Waals surface area contributed by atoms with Gasteiger partial charge in [-0.25, -0.2) is 9.36 Å². The number of aryl methyl sites for hydroxylation is 3. The van der Waals surface area contributed by atoms with Crippen LogP contribution in [0.3, 0.4) is 0 Å². The van der Waals surface area contributed by atoms with Crippen LogP contribution < -0.4 is 10.6 Å². The molecule has 3 aromatic heterocycles. The van der Waals surface area contributed by atoms with E-state index in [4.69, 9.17) is 0 Å². The van der Waals surface area contributed by atoms with E-state index in [-0.39, 0.29) is 11.3 Å². The number of nitrogens with one attached hydrogen (secondary N) is 2. The molecule has 180 valence electrons. The van der Waals surface area contributed by atoms with Crippen molar-refractivity contribution in [1.82, 2.24) is 29.3 Å². The predicted octanol–water partition coefficient (Wildman–Crippen LogP) is 3.91. The predicted molar refractivity (Wildman–Crippen MR) is 136 cm³/mol. The molecule has 2 amide bonds. The van der Waals surface area contributed by atoms with Gasteiger partial charge in [-0.05, 0) is 74.5 Å². The van der Waals surface area contributed by atoms with Crippen molar-refractivity contribution in [2.24, 2.45) is 7.05 Å². The Hall–Kier alpha value is -4.99. The number of nitrogens with zero attached hydrogens (tertiary/aromatic N) is 6. The summed E-state index contributed by atoms with van der Waals surface area (Å²) in [6.45, 7) is 3.84. The molecule has 0 radical (unpaired) electrons. The summed E-state index contributed by atoms with van der Waals surface area (Å²) in [4.78, 5) is 26.1. The molecule has 0 aliphatic rings. The highest BCUT2D eigenvalue weighted by Crippen LogP contribution is 2.18. The molecule has 0 spiro atoms. The number of carbonyl (C=O) groups is 2. The SMILES string of the molecule is Cc1ccn(-c2ccc(NC(=O)c3cnn(C)c3C(=O)Nc3ccc(-n4ccc(C)n4)cc3)cc2)n1. The van der Waals surface area contributed by atoms with Gasteiger partial charge >= 0.3 is 0 Å². The summed E-state index contributed by atoms with van der Waals surface area (Å²) in [6.07, 6.45) is 5.12. The molecule has 5 aromatic rings. The van der Waals surface area contributed by atoms with Crippen LogP contribution in [0.4, 0.5) is 11.4 Å². The molecule has 2 aromatic carbocycles. The Balaban J connectivity index is 1.29. The van der Waals surface area contributed by atoms with E-state index < -0.39 is 11.8 Å². The van der Waals surface area contributed by atoms with Crippen LogP contribution in [0.1, 0.15) is 32.2 Å². The third kappa shape index (κ3) is 4.64. The van der Waals surface area contributed by atoms with Gasteiger partial charge in [0.1, 0.15) is 5.69 Å². The van der Waals surface area contributed by atoms with Crippen molar-refractivity contribution in [3.63, 3.8) is 0 Å². The van der Waals surface area contributed by atoms with Crippen molar-refractivity contribution < 1.29 is 9.59 Å². The maximum Gasteiger partial charge on any atom is 0.274 e. The van der Waals surface area contributed by atoms with Crippen LogP contribution in [0, 0.1) is 13.8 Å². The first kappa shape index (κ1) is 22.8. The molecule has 5 rings (SSSR count). The second-order valence-corrected chi connectivity index (χ2v) is 8.34. The Morgan fingerprint density at radius 3 is 1.61 bits per heavy atom. The number of carbonyl (C=O) groups excluding carboxylic acids is 2. The molecule has 0 aliphatic carbocycles. The average molecular weight is 481 g/mol. The lowest BCUT2D eigenvalue weighted by atomic mass is 10.2. The van der Waals surface area contributed by atoms with E-state index in [2.05, 4.69) is 25.9 Å². The van der Waals surface area contributed by atoms with Gasteiger partial charge < -0.3 is 10.6 Å². The molecule has 0 aliphatic heterocycles. The van der Waals surface area contributed by atoms with E-state index in [0.717, 1.165) is 22.8 Å². The van der Waals surface area contributed by atoms with Crippen molar-refractivity contribution in [3.8, 4) is 11.4 Å². The molecule has 2 N–H and O–H groups in total. The molecule has 10 heteroatoms. The summed E-state index contributed by atoms with van der Waals surface area (Å²) in [7, 11) is 1.62. The highest BCUT2D eigenvalue weighted by molar-refractivity contribution is 6.14. The third-order valence-corrected chi connectivity index (χ3v) is 5.62. The summed E-state index contributed by atoms with van der Waals surface area (Å²) < 4.78 is 4.90. The van der Waals surface area contributed by atoms with Crippen molar-refractivity contribution >= 4 is 23.2 Å². The Morgan fingerprint density at radius 1 is 0.694 bits per heavy atom. The number of hydrogen-bond acceptors (Lipinski definition) is 5. The number of aromatic nitrogens is 6. The van der Waals surface area contributed by atoms with Gasteiger partial charge in [0.05, 0.1) is 34.5 Å². The Bertz CT molecular complexity index is 1540. The second kappa shape index (κ2) is 9.34. The van der Waals surface area contributed by atoms with Gasteiger partial charge in [-0.3, -0.25) is 14.3 Å². The zero-order valence-corrected chi connectivity index (χ0v) is 20.0. The standard InChI is InChI=1S/C26H24N8O2/c1-17-12-14-33(30-17)21-8-4-19(5-9-21)28-25(35)23-16-27-32(3)24(23)26(36)29-20-6-10-22(11-7-20)34-15-13-18(2)31-34/h4-16H,1-3H3,(H,28,35)(H,29,36). The number of benzene rings is 2. The van der Waals surface area contributed by atoms with E-state index in [9.17, 15) is 9.59 Å². The number of rotatable bonds is 6. The van der Waals surface area contributed by atoms with Crippen LogP contribution >= 0.6 is 0 Å². The van der Waals surface area contributed by atoms with E-state index >= 15 is 0 Å². The molecule has 0 bridgehead atoms. The minimum absolute atomic E-state index is 0.155. The zero-order valence-electron chi connectivity index (χ0n) is 20.0. The quantitative estimate of drug-likeness (QED) is 0.383. The summed E-state index contributed by atoms with van der Waals surface area (Å²) in [6, 6.07) is 18.4. The Labute approximate surface area is 207 Å². The molecule has 0 atom stereocenters. The van der Waals surface area contributed by atoms with Crippen LogP contribution in [0.2, 0.25) is 0 Å². The lowest BCUT2D eigenvalue weighted by molar-refractivity contribution is 0.0985. The van der Waals surface area contributed by atoms with Crippen molar-refractivity contribution in [2.45, 2.75) is 13.8 Å². The average Bonchev–Trinajstić information content (AvgIpc) is 3.60. The largest absolute Gasteiger partial charge is 0.322 e. The summed E-state index contributed by atoms with van der Waals surface area (Å²) in [5, 5.41) is 18.6. The molecule has 0 saturated heterocycles. The Morgan fingerprint density at radius 2 is 1.17 bits per heavy atom. The smallest absolute Gasteiger partial charge is 0.274 e. The van der Waals surface area contributed by atoms with E-state index in [0.29, 0.717) is 11.4 Å². The van der Waals surface area contributed by atoms with Crippen LogP contribution in [0.5, 0.6) is 0 Å². The van der Waals surface area contributed by atoms with Gasteiger partial charge in [0.2, 0.25) is 0 Å². The van der Waals surface area contributed by atoms with Crippen molar-refractivity contribution in [1.29, 1.82) is 0 Å². The first-order valence-electron chi connectivity index (χ1n) is 11.3. The first-order chi connectivity index (χ1) is 17.4. The minimum atomic E-state index is -0.438. The van der Waals surface area contributed by atoms with Crippen molar-refractivity contribution in [2.75, 3.05) is 10.6 Å². The third-order valence-electron chi connectivity index (χ3n) is 5.62. The minimum Gasteiger partial charge on any atom is -0.322 e. The van der Waals surface area contributed by atoms with Gasteiger partial charge in [-0.15, -0.1) is 0 Å². The topological polar surface area (TPSA) is 112 Å². The lowest BCUT2D eigenvalue weighted by Gasteiger charge is -2.10. The van der Waals surface area contributed by atoms with Crippen LogP contribution in [0.25, 0.3) is 11.4 Å². The molecule has 3 heterocycles. The summed E-state index contributed by atoms with van der Waals surface area (Å²) in [5.74, 6) is -0.868. The van der Waals surface area contributed by atoms with E-state index in [1.54, 1.807) is 40.7 Å². The number of hydrogen-bond donors (Lipinski definition) is 2. The maximum absolute atomic E-state index is 13.1. The van der Waals surface area contributed by atoms with Crippen LogP contribution in [-0.4, -0.2) is 41.2 Å². The monoisotopic (exact) mass is 480 g/mol. The summed E-state index contributed by atoms with van der Waals surface area (Å²) in [5.41, 5.74) is 5.08. The maximum atomic E-state index is 13.1. The normalized spacial score (nSPS) is 10.9. The molecule has 10 nitrogen and oxygen atoms in total. The van der Waals surface area contributed by atoms with Crippen molar-refractivity contribution in [3.05, 3.63) is 102 Å². The highest BCUT2D eigenvalue weighted by Gasteiger charge is 2.22. The fraction of sp³-hybridized carbons (Fsp3) is 0.115. The van der Waals surface area contributed by atoms with Crippen LogP contribution in [0.15, 0.2) is 79.3 Å². The fourth-order valence-electron chi connectivity index (χ4n) is 3.77. The van der Waals surface area contributed by atoms with Gasteiger partial charge in [0.25, 0.3) is 11.8 Å². The molecule has 36 heavy (non-hydrogen) atoms. The molecule has 0 unspecified atom stereocenters.